The van der Waals surface area contributed by atoms with E-state index in [4.69, 9.17) is 9.47 Å². The van der Waals surface area contributed by atoms with E-state index in [0.717, 1.165) is 34.4 Å². The molecular formula is C25H26O3. The molecule has 0 aromatic heterocycles. The van der Waals surface area contributed by atoms with E-state index in [9.17, 15) is 4.79 Å². The normalized spacial score (nSPS) is 11.6. The molecule has 3 aromatic carbocycles. The van der Waals surface area contributed by atoms with Crippen molar-refractivity contribution in [3.05, 3.63) is 78.9 Å². The third kappa shape index (κ3) is 4.80. The molecule has 3 nitrogen and oxygen atoms in total. The molecule has 0 fully saturated rings. The van der Waals surface area contributed by atoms with E-state index in [0.29, 0.717) is 6.61 Å². The van der Waals surface area contributed by atoms with Gasteiger partial charge in [0.15, 0.2) is 0 Å². The average Bonchev–Trinajstić information content (AvgIpc) is 2.77. The van der Waals surface area contributed by atoms with Crippen LogP contribution in [0.2, 0.25) is 0 Å². The second-order valence-electron chi connectivity index (χ2n) is 6.74. The molecule has 0 heterocycles. The summed E-state index contributed by atoms with van der Waals surface area (Å²) in [6, 6.07) is 26.5. The zero-order chi connectivity index (χ0) is 19.8. The second-order valence-corrected chi connectivity index (χ2v) is 6.74. The molecule has 3 rings (SSSR count). The van der Waals surface area contributed by atoms with Crippen LogP contribution < -0.4 is 4.74 Å². The highest BCUT2D eigenvalue weighted by atomic mass is 16.6. The minimum Gasteiger partial charge on any atom is -0.489 e. The first kappa shape index (κ1) is 19.7. The Bertz CT molecular complexity index is 830. The molecule has 0 saturated carbocycles. The van der Waals surface area contributed by atoms with E-state index in [-0.39, 0.29) is 18.5 Å². The lowest BCUT2D eigenvalue weighted by Gasteiger charge is -2.17. The highest BCUT2D eigenvalue weighted by Crippen LogP contribution is 2.38. The number of ether oxygens (including phenoxy) is 2. The molecule has 0 aliphatic rings. The van der Waals surface area contributed by atoms with Gasteiger partial charge in [-0.15, -0.1) is 0 Å². The van der Waals surface area contributed by atoms with Crippen LogP contribution in [0, 0.1) is 5.92 Å². The molecular weight excluding hydrogens is 348 g/mol. The Balaban J connectivity index is 1.85. The van der Waals surface area contributed by atoms with Crippen LogP contribution in [-0.4, -0.2) is 19.2 Å². The van der Waals surface area contributed by atoms with Crippen molar-refractivity contribution in [3.8, 4) is 28.0 Å². The van der Waals surface area contributed by atoms with Gasteiger partial charge in [-0.25, -0.2) is 0 Å². The molecule has 144 valence electrons. The topological polar surface area (TPSA) is 35.5 Å². The molecule has 0 aliphatic carbocycles. The molecule has 0 amide bonds. The van der Waals surface area contributed by atoms with Gasteiger partial charge in [0.2, 0.25) is 0 Å². The molecule has 0 spiro atoms. The predicted octanol–water partition coefficient (Wildman–Crippen LogP) is 5.99. The summed E-state index contributed by atoms with van der Waals surface area (Å²) < 4.78 is 11.5. The summed E-state index contributed by atoms with van der Waals surface area (Å²) in [4.78, 5) is 11.9. The van der Waals surface area contributed by atoms with Gasteiger partial charge in [0.25, 0.3) is 0 Å². The first-order chi connectivity index (χ1) is 13.7. The van der Waals surface area contributed by atoms with Crippen LogP contribution in [0.3, 0.4) is 0 Å². The maximum absolute atomic E-state index is 11.9. The average molecular weight is 374 g/mol. The number of carbonyl (C=O) groups is 1. The van der Waals surface area contributed by atoms with Crippen molar-refractivity contribution >= 4 is 5.97 Å². The maximum atomic E-state index is 11.9. The smallest absolute Gasteiger partial charge is 0.308 e. The molecule has 28 heavy (non-hydrogen) atoms. The van der Waals surface area contributed by atoms with Gasteiger partial charge in [-0.2, -0.15) is 0 Å². The van der Waals surface area contributed by atoms with Gasteiger partial charge in [0, 0.05) is 11.1 Å². The summed E-state index contributed by atoms with van der Waals surface area (Å²) in [6.07, 6.45) is 0.773. The number of para-hydroxylation sites is 1. The third-order valence-corrected chi connectivity index (χ3v) is 4.77. The van der Waals surface area contributed by atoms with Gasteiger partial charge in [0.1, 0.15) is 19.0 Å². The van der Waals surface area contributed by atoms with Crippen LogP contribution in [-0.2, 0) is 9.53 Å². The first-order valence-electron chi connectivity index (χ1n) is 9.74. The summed E-state index contributed by atoms with van der Waals surface area (Å²) in [5.41, 5.74) is 4.23. The van der Waals surface area contributed by atoms with Crippen LogP contribution in [0.25, 0.3) is 22.3 Å². The highest BCUT2D eigenvalue weighted by Gasteiger charge is 2.15. The van der Waals surface area contributed by atoms with Crippen LogP contribution in [0.5, 0.6) is 5.75 Å². The Labute approximate surface area is 166 Å². The molecule has 3 heteroatoms. The van der Waals surface area contributed by atoms with Crippen molar-refractivity contribution in [3.63, 3.8) is 0 Å². The van der Waals surface area contributed by atoms with Gasteiger partial charge in [-0.05, 0) is 17.5 Å². The molecule has 0 aliphatic heterocycles. The van der Waals surface area contributed by atoms with Crippen LogP contribution in [0.1, 0.15) is 20.3 Å². The lowest BCUT2D eigenvalue weighted by molar-refractivity contribution is -0.148. The van der Waals surface area contributed by atoms with E-state index in [1.807, 2.05) is 56.3 Å². The number of benzene rings is 3. The fraction of sp³-hybridized carbons (Fsp3) is 0.240. The van der Waals surface area contributed by atoms with E-state index in [2.05, 4.69) is 36.4 Å². The van der Waals surface area contributed by atoms with Gasteiger partial charge >= 0.3 is 5.97 Å². The lowest BCUT2D eigenvalue weighted by Crippen LogP contribution is -2.18. The van der Waals surface area contributed by atoms with E-state index in [1.54, 1.807) is 0 Å². The summed E-state index contributed by atoms with van der Waals surface area (Å²) in [6.45, 7) is 4.40. The highest BCUT2D eigenvalue weighted by molar-refractivity contribution is 5.82. The number of carbonyl (C=O) groups excluding carboxylic acids is 1. The van der Waals surface area contributed by atoms with Gasteiger partial charge in [-0.1, -0.05) is 92.7 Å². The van der Waals surface area contributed by atoms with Gasteiger partial charge in [-0.3, -0.25) is 4.79 Å². The van der Waals surface area contributed by atoms with E-state index >= 15 is 0 Å². The third-order valence-electron chi connectivity index (χ3n) is 4.77. The fourth-order valence-electron chi connectivity index (χ4n) is 2.98. The molecule has 0 N–H and O–H groups in total. The van der Waals surface area contributed by atoms with Gasteiger partial charge < -0.3 is 9.47 Å². The molecule has 1 unspecified atom stereocenters. The maximum Gasteiger partial charge on any atom is 0.308 e. The van der Waals surface area contributed by atoms with Crippen LogP contribution >= 0.6 is 0 Å². The standard InChI is InChI=1S/C25H26O3/c1-3-19(2)25(26)28-18-17-27-24-22(20-11-6-4-7-12-20)15-10-16-23(24)21-13-8-5-9-14-21/h4-16,19H,3,17-18H2,1-2H3. The zero-order valence-corrected chi connectivity index (χ0v) is 16.4. The SMILES string of the molecule is CCC(C)C(=O)OCCOc1c(-c2ccccc2)cccc1-c1ccccc1. The number of hydrogen-bond acceptors (Lipinski definition) is 3. The Morgan fingerprint density at radius 1 is 0.786 bits per heavy atom. The minimum absolute atomic E-state index is 0.0866. The van der Waals surface area contributed by atoms with Crippen LogP contribution in [0.15, 0.2) is 78.9 Å². The summed E-state index contributed by atoms with van der Waals surface area (Å²) in [5.74, 6) is 0.543. The Hall–Kier alpha value is -3.07. The molecule has 1 atom stereocenters. The zero-order valence-electron chi connectivity index (χ0n) is 16.4. The molecule has 0 bridgehead atoms. The number of rotatable bonds is 8. The monoisotopic (exact) mass is 374 g/mol. The summed E-state index contributed by atoms with van der Waals surface area (Å²) in [7, 11) is 0. The predicted molar refractivity (Wildman–Crippen MR) is 113 cm³/mol. The molecule has 3 aromatic rings. The summed E-state index contributed by atoms with van der Waals surface area (Å²) in [5, 5.41) is 0. The summed E-state index contributed by atoms with van der Waals surface area (Å²) >= 11 is 0. The largest absolute Gasteiger partial charge is 0.489 e. The lowest BCUT2D eigenvalue weighted by atomic mass is 9.97. The van der Waals surface area contributed by atoms with Crippen LogP contribution in [0.4, 0.5) is 0 Å². The van der Waals surface area contributed by atoms with Crippen molar-refractivity contribution < 1.29 is 14.3 Å². The van der Waals surface area contributed by atoms with Crippen molar-refractivity contribution in [2.24, 2.45) is 5.92 Å². The minimum atomic E-state index is -0.175. The van der Waals surface area contributed by atoms with Crippen molar-refractivity contribution in [2.75, 3.05) is 13.2 Å². The molecule has 0 radical (unpaired) electrons. The second kappa shape index (κ2) is 9.75. The molecule has 0 saturated heterocycles. The quantitative estimate of drug-likeness (QED) is 0.359. The van der Waals surface area contributed by atoms with E-state index in [1.165, 1.54) is 0 Å². The van der Waals surface area contributed by atoms with E-state index < -0.39 is 0 Å². The van der Waals surface area contributed by atoms with Crippen molar-refractivity contribution in [1.29, 1.82) is 0 Å². The van der Waals surface area contributed by atoms with Crippen molar-refractivity contribution in [1.82, 2.24) is 0 Å². The number of hydrogen-bond donors (Lipinski definition) is 0. The Kier molecular flexibility index (Phi) is 6.85. The van der Waals surface area contributed by atoms with Crippen molar-refractivity contribution in [2.45, 2.75) is 20.3 Å². The Morgan fingerprint density at radius 2 is 1.32 bits per heavy atom. The first-order valence-corrected chi connectivity index (χ1v) is 9.74. The van der Waals surface area contributed by atoms with Gasteiger partial charge in [0.05, 0.1) is 5.92 Å². The number of esters is 1. The Morgan fingerprint density at radius 3 is 1.82 bits per heavy atom. The fourth-order valence-corrected chi connectivity index (χ4v) is 2.98.